The minimum absolute atomic E-state index is 0.00129. The molecule has 0 aromatic heterocycles. The molecule has 0 bridgehead atoms. The van der Waals surface area contributed by atoms with Crippen molar-refractivity contribution >= 4 is 15.9 Å². The van der Waals surface area contributed by atoms with E-state index in [1.807, 2.05) is 30.3 Å². The first-order valence-electron chi connectivity index (χ1n) is 8.31. The Kier molecular flexibility index (Phi) is 6.88. The number of carbonyl (C=O) groups excluding carboxylic acids is 1. The van der Waals surface area contributed by atoms with Crippen LogP contribution in [0.25, 0.3) is 0 Å². The molecule has 0 aliphatic heterocycles. The van der Waals surface area contributed by atoms with Gasteiger partial charge >= 0.3 is 0 Å². The zero-order valence-corrected chi connectivity index (χ0v) is 15.7. The van der Waals surface area contributed by atoms with E-state index in [0.29, 0.717) is 5.56 Å². The maximum absolute atomic E-state index is 13.6. The minimum atomic E-state index is -3.49. The molecule has 7 heteroatoms. The smallest absolute Gasteiger partial charge is 0.221 e. The average molecular weight is 378 g/mol. The Morgan fingerprint density at radius 1 is 1.12 bits per heavy atom. The van der Waals surface area contributed by atoms with Gasteiger partial charge in [-0.2, -0.15) is 4.31 Å². The van der Waals surface area contributed by atoms with Gasteiger partial charge in [-0.25, -0.2) is 12.8 Å². The van der Waals surface area contributed by atoms with E-state index < -0.39 is 10.0 Å². The maximum Gasteiger partial charge on any atom is 0.221 e. The van der Waals surface area contributed by atoms with Gasteiger partial charge in [0, 0.05) is 31.1 Å². The quantitative estimate of drug-likeness (QED) is 0.768. The number of halogens is 1. The molecule has 2 rings (SSSR count). The molecule has 0 saturated carbocycles. The van der Waals surface area contributed by atoms with E-state index in [1.54, 1.807) is 25.1 Å². The van der Waals surface area contributed by atoms with E-state index in [1.165, 1.54) is 10.4 Å². The van der Waals surface area contributed by atoms with Gasteiger partial charge in [-0.1, -0.05) is 48.5 Å². The van der Waals surface area contributed by atoms with Crippen molar-refractivity contribution in [2.24, 2.45) is 0 Å². The number of hydrogen-bond donors (Lipinski definition) is 1. The Balaban J connectivity index is 1.97. The molecule has 1 amide bonds. The molecule has 0 aliphatic rings. The van der Waals surface area contributed by atoms with Crippen molar-refractivity contribution < 1.29 is 17.6 Å². The highest BCUT2D eigenvalue weighted by Gasteiger charge is 2.25. The Hall–Kier alpha value is -2.25. The summed E-state index contributed by atoms with van der Waals surface area (Å²) in [5, 5.41) is 2.62. The first-order valence-corrected chi connectivity index (χ1v) is 10.2. The molecule has 2 aromatic carbocycles. The zero-order chi connectivity index (χ0) is 19.2. The third-order valence-corrected chi connectivity index (χ3v) is 5.48. The highest BCUT2D eigenvalue weighted by atomic mass is 32.2. The molecule has 0 aliphatic carbocycles. The Morgan fingerprint density at radius 3 is 2.35 bits per heavy atom. The summed E-state index contributed by atoms with van der Waals surface area (Å²) in [6, 6.07) is 15.0. The lowest BCUT2D eigenvalue weighted by Crippen LogP contribution is -2.36. The van der Waals surface area contributed by atoms with E-state index in [0.717, 1.165) is 11.8 Å². The number of sulfonamides is 1. The lowest BCUT2D eigenvalue weighted by Gasteiger charge is -2.27. The van der Waals surface area contributed by atoms with Crippen molar-refractivity contribution in [3.63, 3.8) is 0 Å². The highest BCUT2D eigenvalue weighted by Crippen LogP contribution is 2.22. The topological polar surface area (TPSA) is 66.5 Å². The minimum Gasteiger partial charge on any atom is -0.352 e. The van der Waals surface area contributed by atoms with Gasteiger partial charge in [-0.3, -0.25) is 4.79 Å². The van der Waals surface area contributed by atoms with Crippen LogP contribution in [0, 0.1) is 5.82 Å². The van der Waals surface area contributed by atoms with Crippen LogP contribution in [0.1, 0.15) is 30.5 Å². The van der Waals surface area contributed by atoms with Crippen LogP contribution in [0.4, 0.5) is 4.39 Å². The fourth-order valence-electron chi connectivity index (χ4n) is 2.68. The van der Waals surface area contributed by atoms with E-state index in [9.17, 15) is 17.6 Å². The van der Waals surface area contributed by atoms with E-state index in [-0.39, 0.29) is 37.3 Å². The fraction of sp³-hybridized carbons (Fsp3) is 0.316. The summed E-state index contributed by atoms with van der Waals surface area (Å²) in [5.74, 6) is -0.717. The molecular weight excluding hydrogens is 355 g/mol. The van der Waals surface area contributed by atoms with Crippen LogP contribution in [0.3, 0.4) is 0 Å². The van der Waals surface area contributed by atoms with Crippen molar-refractivity contribution in [3.8, 4) is 0 Å². The Bertz CT molecular complexity index is 841. The van der Waals surface area contributed by atoms with Gasteiger partial charge in [0.2, 0.25) is 15.9 Å². The third kappa shape index (κ3) is 5.64. The Morgan fingerprint density at radius 2 is 1.73 bits per heavy atom. The second kappa shape index (κ2) is 8.91. The Labute approximate surface area is 153 Å². The highest BCUT2D eigenvalue weighted by molar-refractivity contribution is 7.88. The van der Waals surface area contributed by atoms with Gasteiger partial charge in [-0.05, 0) is 18.6 Å². The number of hydrogen-bond acceptors (Lipinski definition) is 3. The normalized spacial score (nSPS) is 12.8. The van der Waals surface area contributed by atoms with Crippen molar-refractivity contribution in [2.75, 3.05) is 12.8 Å². The molecule has 1 N–H and O–H groups in total. The van der Waals surface area contributed by atoms with Gasteiger partial charge in [0.25, 0.3) is 0 Å². The molecule has 0 saturated heterocycles. The van der Waals surface area contributed by atoms with Crippen LogP contribution >= 0.6 is 0 Å². The average Bonchev–Trinajstić information content (AvgIpc) is 2.60. The molecule has 140 valence electrons. The van der Waals surface area contributed by atoms with Gasteiger partial charge in [0.05, 0.1) is 6.26 Å². The number of carbonyl (C=O) groups is 1. The summed E-state index contributed by atoms with van der Waals surface area (Å²) in [6.07, 6.45) is 1.13. The van der Waals surface area contributed by atoms with Gasteiger partial charge in [-0.15, -0.1) is 0 Å². The predicted molar refractivity (Wildman–Crippen MR) is 99.3 cm³/mol. The van der Waals surface area contributed by atoms with Crippen LogP contribution in [-0.2, 0) is 21.4 Å². The number of benzene rings is 2. The fourth-order valence-corrected chi connectivity index (χ4v) is 3.80. The van der Waals surface area contributed by atoms with Crippen LogP contribution < -0.4 is 5.32 Å². The second-order valence-corrected chi connectivity index (χ2v) is 8.01. The largest absolute Gasteiger partial charge is 0.352 e. The number of nitrogens with zero attached hydrogens (tertiary/aromatic N) is 1. The summed E-state index contributed by atoms with van der Waals surface area (Å²) >= 11 is 0. The zero-order valence-electron chi connectivity index (χ0n) is 14.9. The number of rotatable bonds is 8. The lowest BCUT2D eigenvalue weighted by atomic mass is 10.1. The molecule has 0 spiro atoms. The van der Waals surface area contributed by atoms with E-state index in [2.05, 4.69) is 5.32 Å². The standard InChI is InChI=1S/C19H23FN2O3S/c1-15(16-8-4-3-5-9-16)22(26(2,24)25)13-12-19(23)21-14-17-10-6-7-11-18(17)20/h3-11,15H,12-14H2,1-2H3,(H,21,23). The van der Waals surface area contributed by atoms with Crippen molar-refractivity contribution in [1.82, 2.24) is 9.62 Å². The second-order valence-electron chi connectivity index (χ2n) is 6.08. The molecule has 26 heavy (non-hydrogen) atoms. The summed E-state index contributed by atoms with van der Waals surface area (Å²) in [5.41, 5.74) is 1.24. The van der Waals surface area contributed by atoms with Crippen LogP contribution in [0.2, 0.25) is 0 Å². The van der Waals surface area contributed by atoms with Crippen molar-refractivity contribution in [1.29, 1.82) is 0 Å². The number of amides is 1. The van der Waals surface area contributed by atoms with Gasteiger partial charge in [0.1, 0.15) is 5.82 Å². The van der Waals surface area contributed by atoms with E-state index >= 15 is 0 Å². The summed E-state index contributed by atoms with van der Waals surface area (Å²) in [6.45, 7) is 1.91. The molecule has 5 nitrogen and oxygen atoms in total. The van der Waals surface area contributed by atoms with Crippen molar-refractivity contribution in [2.45, 2.75) is 25.9 Å². The summed E-state index contributed by atoms with van der Waals surface area (Å²) < 4.78 is 39.1. The summed E-state index contributed by atoms with van der Waals surface area (Å²) in [7, 11) is -3.49. The predicted octanol–water partition coefficient (Wildman–Crippen LogP) is 2.85. The molecule has 1 atom stereocenters. The van der Waals surface area contributed by atoms with Gasteiger partial charge in [0.15, 0.2) is 0 Å². The first-order chi connectivity index (χ1) is 12.3. The molecule has 1 unspecified atom stereocenters. The monoisotopic (exact) mass is 378 g/mol. The van der Waals surface area contributed by atoms with Crippen LogP contribution in [0.15, 0.2) is 54.6 Å². The number of nitrogens with one attached hydrogen (secondary N) is 1. The molecule has 0 fully saturated rings. The molecule has 0 heterocycles. The molecular formula is C19H23FN2O3S. The van der Waals surface area contributed by atoms with Crippen LogP contribution in [0.5, 0.6) is 0 Å². The SMILES string of the molecule is CC(c1ccccc1)N(CCC(=O)NCc1ccccc1F)S(C)(=O)=O. The van der Waals surface area contributed by atoms with Crippen LogP contribution in [-0.4, -0.2) is 31.4 Å². The summed E-state index contributed by atoms with van der Waals surface area (Å²) in [4.78, 5) is 12.1. The molecule has 0 radical (unpaired) electrons. The maximum atomic E-state index is 13.6. The third-order valence-electron chi connectivity index (χ3n) is 4.13. The molecule has 2 aromatic rings. The van der Waals surface area contributed by atoms with Gasteiger partial charge < -0.3 is 5.32 Å². The van der Waals surface area contributed by atoms with Crippen molar-refractivity contribution in [3.05, 3.63) is 71.5 Å². The lowest BCUT2D eigenvalue weighted by molar-refractivity contribution is -0.121. The van der Waals surface area contributed by atoms with E-state index in [4.69, 9.17) is 0 Å². The first kappa shape index (κ1) is 20.1.